The minimum absolute atomic E-state index is 0.00801. The molecule has 2 N–H and O–H groups in total. The zero-order valence-electron chi connectivity index (χ0n) is 16.1. The van der Waals surface area contributed by atoms with E-state index in [-0.39, 0.29) is 17.7 Å². The third-order valence-electron chi connectivity index (χ3n) is 5.46. The predicted molar refractivity (Wildman–Crippen MR) is 109 cm³/mol. The molecule has 1 fully saturated rings. The Bertz CT molecular complexity index is 716. The van der Waals surface area contributed by atoms with Crippen molar-refractivity contribution < 1.29 is 14.7 Å². The number of hydrogen-bond acceptors (Lipinski definition) is 3. The van der Waals surface area contributed by atoms with Crippen LogP contribution in [0.1, 0.15) is 36.3 Å². The van der Waals surface area contributed by atoms with Crippen molar-refractivity contribution in [1.82, 2.24) is 10.2 Å². The van der Waals surface area contributed by atoms with Gasteiger partial charge in [0.2, 0.25) is 5.91 Å². The predicted octanol–water partition coefficient (Wildman–Crippen LogP) is 3.12. The van der Waals surface area contributed by atoms with Crippen molar-refractivity contribution in [2.75, 3.05) is 26.2 Å². The summed E-state index contributed by atoms with van der Waals surface area (Å²) in [7, 11) is 0. The molecule has 0 spiro atoms. The van der Waals surface area contributed by atoms with E-state index in [1.165, 1.54) is 11.1 Å². The van der Waals surface area contributed by atoms with Crippen LogP contribution in [0.25, 0.3) is 0 Å². The fourth-order valence-electron chi connectivity index (χ4n) is 3.85. The Labute approximate surface area is 166 Å². The van der Waals surface area contributed by atoms with Crippen molar-refractivity contribution in [3.63, 3.8) is 0 Å². The second-order valence-corrected chi connectivity index (χ2v) is 7.40. The standard InChI is InChI=1S/C23H28N2O3/c26-22(17-25-15-12-20(13-16-25)23(27)28)24-14-11-21(18-7-3-1-4-8-18)19-9-5-2-6-10-19/h1-10,20-21H,11-17H2,(H,24,26)(H,27,28). The topological polar surface area (TPSA) is 69.6 Å². The molecule has 0 radical (unpaired) electrons. The average molecular weight is 380 g/mol. The number of aliphatic carboxylic acids is 1. The number of benzene rings is 2. The van der Waals surface area contributed by atoms with Gasteiger partial charge in [-0.2, -0.15) is 0 Å². The largest absolute Gasteiger partial charge is 0.481 e. The van der Waals surface area contributed by atoms with E-state index in [9.17, 15) is 9.59 Å². The highest BCUT2D eigenvalue weighted by atomic mass is 16.4. The number of piperidine rings is 1. The molecule has 1 amide bonds. The van der Waals surface area contributed by atoms with Crippen LogP contribution in [0, 0.1) is 5.92 Å². The summed E-state index contributed by atoms with van der Waals surface area (Å²) in [4.78, 5) is 25.4. The van der Waals surface area contributed by atoms with Crippen LogP contribution in [0.15, 0.2) is 60.7 Å². The number of likely N-dealkylation sites (tertiary alicyclic amines) is 1. The lowest BCUT2D eigenvalue weighted by Gasteiger charge is -2.29. The summed E-state index contributed by atoms with van der Waals surface area (Å²) in [5.74, 6) is -0.739. The van der Waals surface area contributed by atoms with Gasteiger partial charge in [0, 0.05) is 12.5 Å². The van der Waals surface area contributed by atoms with Gasteiger partial charge in [-0.25, -0.2) is 0 Å². The summed E-state index contributed by atoms with van der Waals surface area (Å²) in [6.07, 6.45) is 2.07. The molecule has 0 saturated carbocycles. The monoisotopic (exact) mass is 380 g/mol. The van der Waals surface area contributed by atoms with Gasteiger partial charge in [0.1, 0.15) is 0 Å². The Hall–Kier alpha value is -2.66. The molecule has 0 aromatic heterocycles. The summed E-state index contributed by atoms with van der Waals surface area (Å²) in [6.45, 7) is 2.29. The van der Waals surface area contributed by atoms with Gasteiger partial charge in [-0.3, -0.25) is 14.5 Å². The minimum Gasteiger partial charge on any atom is -0.481 e. The Morgan fingerprint density at radius 2 is 1.50 bits per heavy atom. The molecule has 5 nitrogen and oxygen atoms in total. The number of rotatable bonds is 8. The molecular weight excluding hydrogens is 352 g/mol. The molecule has 1 heterocycles. The van der Waals surface area contributed by atoms with Gasteiger partial charge >= 0.3 is 5.97 Å². The van der Waals surface area contributed by atoms with E-state index < -0.39 is 5.97 Å². The Morgan fingerprint density at radius 1 is 0.964 bits per heavy atom. The van der Waals surface area contributed by atoms with Crippen LogP contribution in [0.4, 0.5) is 0 Å². The van der Waals surface area contributed by atoms with E-state index in [0.717, 1.165) is 6.42 Å². The van der Waals surface area contributed by atoms with Crippen LogP contribution in [0.5, 0.6) is 0 Å². The molecule has 0 unspecified atom stereocenters. The maximum Gasteiger partial charge on any atom is 0.306 e. The number of carbonyl (C=O) groups is 2. The third kappa shape index (κ3) is 5.67. The van der Waals surface area contributed by atoms with Gasteiger partial charge in [0.15, 0.2) is 0 Å². The van der Waals surface area contributed by atoms with Crippen LogP contribution in [0.2, 0.25) is 0 Å². The van der Waals surface area contributed by atoms with Crippen molar-refractivity contribution in [3.05, 3.63) is 71.8 Å². The number of nitrogens with one attached hydrogen (secondary N) is 1. The highest BCUT2D eigenvalue weighted by molar-refractivity contribution is 5.78. The van der Waals surface area contributed by atoms with Crippen LogP contribution < -0.4 is 5.32 Å². The first kappa shape index (κ1) is 20.1. The number of carbonyl (C=O) groups excluding carboxylic acids is 1. The summed E-state index contributed by atoms with van der Waals surface area (Å²) in [5, 5.41) is 12.1. The lowest BCUT2D eigenvalue weighted by Crippen LogP contribution is -2.43. The normalized spacial score (nSPS) is 15.5. The minimum atomic E-state index is -0.725. The fourth-order valence-corrected chi connectivity index (χ4v) is 3.85. The van der Waals surface area contributed by atoms with E-state index in [2.05, 4.69) is 29.6 Å². The van der Waals surface area contributed by atoms with Gasteiger partial charge in [-0.05, 0) is 43.5 Å². The number of nitrogens with zero attached hydrogens (tertiary/aromatic N) is 1. The third-order valence-corrected chi connectivity index (χ3v) is 5.46. The quantitative estimate of drug-likeness (QED) is 0.738. The lowest BCUT2D eigenvalue weighted by molar-refractivity contribution is -0.143. The maximum atomic E-state index is 12.3. The summed E-state index contributed by atoms with van der Waals surface area (Å²) in [5.41, 5.74) is 2.50. The van der Waals surface area contributed by atoms with Crippen LogP contribution in [-0.2, 0) is 9.59 Å². The Balaban J connectivity index is 1.49. The Kier molecular flexibility index (Phi) is 7.20. The molecule has 0 aliphatic carbocycles. The highest BCUT2D eigenvalue weighted by Crippen LogP contribution is 2.27. The molecule has 3 rings (SSSR count). The van der Waals surface area contributed by atoms with Crippen molar-refractivity contribution in [2.45, 2.75) is 25.2 Å². The number of carboxylic acid groups (broad SMARTS) is 1. The first-order valence-corrected chi connectivity index (χ1v) is 9.95. The van der Waals surface area contributed by atoms with Gasteiger partial charge in [0.25, 0.3) is 0 Å². The zero-order chi connectivity index (χ0) is 19.8. The molecule has 5 heteroatoms. The second kappa shape index (κ2) is 10.0. The van der Waals surface area contributed by atoms with Gasteiger partial charge in [0.05, 0.1) is 12.5 Å². The van der Waals surface area contributed by atoms with E-state index in [1.807, 2.05) is 41.3 Å². The summed E-state index contributed by atoms with van der Waals surface area (Å²) in [6, 6.07) is 20.7. The van der Waals surface area contributed by atoms with E-state index in [4.69, 9.17) is 5.11 Å². The smallest absolute Gasteiger partial charge is 0.306 e. The molecule has 1 aliphatic rings. The van der Waals surface area contributed by atoms with Crippen molar-refractivity contribution in [3.8, 4) is 0 Å². The van der Waals surface area contributed by atoms with Crippen LogP contribution in [0.3, 0.4) is 0 Å². The molecule has 2 aromatic carbocycles. The SMILES string of the molecule is O=C(CN1CCC(C(=O)O)CC1)NCCC(c1ccccc1)c1ccccc1. The molecule has 1 aliphatic heterocycles. The highest BCUT2D eigenvalue weighted by Gasteiger charge is 2.25. The van der Waals surface area contributed by atoms with Crippen LogP contribution in [-0.4, -0.2) is 48.1 Å². The molecule has 1 saturated heterocycles. The number of amides is 1. The number of carboxylic acids is 1. The number of hydrogen-bond donors (Lipinski definition) is 2. The van der Waals surface area contributed by atoms with E-state index in [0.29, 0.717) is 39.0 Å². The van der Waals surface area contributed by atoms with E-state index in [1.54, 1.807) is 0 Å². The second-order valence-electron chi connectivity index (χ2n) is 7.40. The van der Waals surface area contributed by atoms with Crippen LogP contribution >= 0.6 is 0 Å². The molecule has 0 atom stereocenters. The molecular formula is C23H28N2O3. The Morgan fingerprint density at radius 3 is 2.00 bits per heavy atom. The zero-order valence-corrected chi connectivity index (χ0v) is 16.1. The average Bonchev–Trinajstić information content (AvgIpc) is 2.73. The molecule has 28 heavy (non-hydrogen) atoms. The molecule has 148 valence electrons. The van der Waals surface area contributed by atoms with Gasteiger partial charge in [-0.15, -0.1) is 0 Å². The molecule has 0 bridgehead atoms. The molecule has 2 aromatic rings. The fraction of sp³-hybridized carbons (Fsp3) is 0.391. The lowest BCUT2D eigenvalue weighted by atomic mass is 9.88. The summed E-state index contributed by atoms with van der Waals surface area (Å²) < 4.78 is 0. The summed E-state index contributed by atoms with van der Waals surface area (Å²) >= 11 is 0. The van der Waals surface area contributed by atoms with Crippen molar-refractivity contribution in [1.29, 1.82) is 0 Å². The van der Waals surface area contributed by atoms with Crippen molar-refractivity contribution in [2.24, 2.45) is 5.92 Å². The van der Waals surface area contributed by atoms with Gasteiger partial charge < -0.3 is 10.4 Å². The first-order valence-electron chi connectivity index (χ1n) is 9.95. The van der Waals surface area contributed by atoms with Crippen molar-refractivity contribution >= 4 is 11.9 Å². The van der Waals surface area contributed by atoms with E-state index >= 15 is 0 Å². The first-order chi connectivity index (χ1) is 13.6. The van der Waals surface area contributed by atoms with Gasteiger partial charge in [-0.1, -0.05) is 60.7 Å². The maximum absolute atomic E-state index is 12.3.